The Bertz CT molecular complexity index is 361. The molecule has 0 radical (unpaired) electrons. The maximum atomic E-state index is 8.56. The molecule has 1 unspecified atom stereocenters. The number of nitrogens with one attached hydrogen (secondary N) is 1. The average Bonchev–Trinajstić information content (AvgIpc) is 2.33. The third kappa shape index (κ3) is 5.80. The molecule has 0 aromatic heterocycles. The van der Waals surface area contributed by atoms with E-state index in [1.165, 1.54) is 5.56 Å². The minimum Gasteiger partial charge on any atom is -0.394 e. The third-order valence-electron chi connectivity index (χ3n) is 2.58. The molecule has 0 fully saturated rings. The van der Waals surface area contributed by atoms with Crippen LogP contribution < -0.4 is 5.32 Å². The van der Waals surface area contributed by atoms with Crippen molar-refractivity contribution in [3.8, 4) is 0 Å². The molecule has 0 spiro atoms. The van der Waals surface area contributed by atoms with Gasteiger partial charge in [-0.15, -0.1) is 0 Å². The smallest absolute Gasteiger partial charge is 0.0697 e. The lowest BCUT2D eigenvalue weighted by atomic mass is 10.1. The first-order valence-corrected chi connectivity index (χ1v) is 7.60. The minimum atomic E-state index is 0.0929. The van der Waals surface area contributed by atoms with Crippen molar-refractivity contribution in [2.75, 3.05) is 26.4 Å². The number of rotatable bonds is 8. The average molecular weight is 381 g/mol. The van der Waals surface area contributed by atoms with E-state index in [0.29, 0.717) is 19.3 Å². The molecule has 1 aromatic carbocycles. The summed E-state index contributed by atoms with van der Waals surface area (Å²) in [6.45, 7) is 4.24. The molecular weight excluding hydrogens is 362 g/mol. The standard InChI is InChI=1S/C13H19Br2NO2/c1-10(16-5-2-7-18-8-6-17)12-4-3-11(14)9-13(12)15/h3-4,9-10,16-17H,2,5-8H2,1H3. The Kier molecular flexibility index (Phi) is 8.10. The van der Waals surface area contributed by atoms with E-state index in [-0.39, 0.29) is 6.61 Å². The van der Waals surface area contributed by atoms with Crippen molar-refractivity contribution in [2.45, 2.75) is 19.4 Å². The van der Waals surface area contributed by atoms with Gasteiger partial charge in [0, 0.05) is 21.6 Å². The molecule has 102 valence electrons. The Morgan fingerprint density at radius 1 is 1.33 bits per heavy atom. The predicted molar refractivity (Wildman–Crippen MR) is 80.8 cm³/mol. The van der Waals surface area contributed by atoms with Crippen LogP contribution in [0, 0.1) is 0 Å². The van der Waals surface area contributed by atoms with Crippen molar-refractivity contribution in [1.82, 2.24) is 5.32 Å². The van der Waals surface area contributed by atoms with E-state index < -0.39 is 0 Å². The molecule has 0 aliphatic carbocycles. The Labute approximate surface area is 125 Å². The van der Waals surface area contributed by atoms with Gasteiger partial charge >= 0.3 is 0 Å². The summed E-state index contributed by atoms with van der Waals surface area (Å²) in [6, 6.07) is 6.50. The second-order valence-corrected chi connectivity index (χ2v) is 5.80. The summed E-state index contributed by atoms with van der Waals surface area (Å²) in [5.74, 6) is 0. The molecule has 1 atom stereocenters. The van der Waals surface area contributed by atoms with Crippen molar-refractivity contribution in [2.24, 2.45) is 0 Å². The lowest BCUT2D eigenvalue weighted by Crippen LogP contribution is -2.21. The number of halogens is 2. The second-order valence-electron chi connectivity index (χ2n) is 4.03. The van der Waals surface area contributed by atoms with Crippen LogP contribution >= 0.6 is 31.9 Å². The third-order valence-corrected chi connectivity index (χ3v) is 3.76. The monoisotopic (exact) mass is 379 g/mol. The summed E-state index contributed by atoms with van der Waals surface area (Å²) in [4.78, 5) is 0. The van der Waals surface area contributed by atoms with Gasteiger partial charge in [0.05, 0.1) is 13.2 Å². The summed E-state index contributed by atoms with van der Waals surface area (Å²) in [7, 11) is 0. The van der Waals surface area contributed by atoms with E-state index in [0.717, 1.165) is 21.9 Å². The summed E-state index contributed by atoms with van der Waals surface area (Å²) >= 11 is 7.01. The van der Waals surface area contributed by atoms with Crippen LogP contribution in [0.3, 0.4) is 0 Å². The fraction of sp³-hybridized carbons (Fsp3) is 0.538. The molecule has 18 heavy (non-hydrogen) atoms. The Morgan fingerprint density at radius 2 is 2.11 bits per heavy atom. The molecule has 0 aliphatic heterocycles. The molecule has 0 heterocycles. The van der Waals surface area contributed by atoms with E-state index in [9.17, 15) is 0 Å². The van der Waals surface area contributed by atoms with E-state index in [2.05, 4.69) is 56.2 Å². The first-order valence-electron chi connectivity index (χ1n) is 6.02. The van der Waals surface area contributed by atoms with Crippen molar-refractivity contribution in [1.29, 1.82) is 0 Å². The largest absolute Gasteiger partial charge is 0.394 e. The van der Waals surface area contributed by atoms with Crippen LogP contribution in [0.15, 0.2) is 27.1 Å². The highest BCUT2D eigenvalue weighted by Crippen LogP contribution is 2.26. The van der Waals surface area contributed by atoms with E-state index in [1.807, 2.05) is 6.07 Å². The molecule has 0 saturated carbocycles. The van der Waals surface area contributed by atoms with Gasteiger partial charge in [0.1, 0.15) is 0 Å². The van der Waals surface area contributed by atoms with Gasteiger partial charge in [-0.2, -0.15) is 0 Å². The van der Waals surface area contributed by atoms with Crippen molar-refractivity contribution in [3.63, 3.8) is 0 Å². The van der Waals surface area contributed by atoms with Gasteiger partial charge in [0.25, 0.3) is 0 Å². The van der Waals surface area contributed by atoms with Gasteiger partial charge in [0.15, 0.2) is 0 Å². The quantitative estimate of drug-likeness (QED) is 0.680. The van der Waals surface area contributed by atoms with Gasteiger partial charge in [-0.05, 0) is 37.6 Å². The topological polar surface area (TPSA) is 41.5 Å². The molecule has 0 bridgehead atoms. The number of ether oxygens (including phenoxy) is 1. The molecule has 0 aliphatic rings. The first-order chi connectivity index (χ1) is 8.65. The summed E-state index contributed by atoms with van der Waals surface area (Å²) in [5.41, 5.74) is 1.24. The van der Waals surface area contributed by atoms with Gasteiger partial charge in [-0.3, -0.25) is 0 Å². The number of aliphatic hydroxyl groups is 1. The SMILES string of the molecule is CC(NCCCOCCO)c1ccc(Br)cc1Br. The maximum absolute atomic E-state index is 8.56. The fourth-order valence-electron chi connectivity index (χ4n) is 1.62. The van der Waals surface area contributed by atoms with E-state index in [4.69, 9.17) is 9.84 Å². The molecular formula is C13H19Br2NO2. The summed E-state index contributed by atoms with van der Waals surface area (Å²) in [5, 5.41) is 12.0. The molecule has 1 rings (SSSR count). The fourth-order valence-corrected chi connectivity index (χ4v) is 3.01. The Morgan fingerprint density at radius 3 is 2.78 bits per heavy atom. The van der Waals surface area contributed by atoms with Gasteiger partial charge in [-0.1, -0.05) is 37.9 Å². The van der Waals surface area contributed by atoms with Crippen LogP contribution in [0.25, 0.3) is 0 Å². The lowest BCUT2D eigenvalue weighted by Gasteiger charge is -2.16. The molecule has 0 saturated heterocycles. The highest BCUT2D eigenvalue weighted by Gasteiger charge is 2.08. The van der Waals surface area contributed by atoms with Crippen LogP contribution in [-0.4, -0.2) is 31.5 Å². The molecule has 2 N–H and O–H groups in total. The second kappa shape index (κ2) is 9.04. The lowest BCUT2D eigenvalue weighted by molar-refractivity contribution is 0.0904. The molecule has 5 heteroatoms. The number of aliphatic hydroxyl groups excluding tert-OH is 1. The van der Waals surface area contributed by atoms with Crippen LogP contribution in [0.5, 0.6) is 0 Å². The van der Waals surface area contributed by atoms with Gasteiger partial charge in [0.2, 0.25) is 0 Å². The maximum Gasteiger partial charge on any atom is 0.0697 e. The molecule has 0 amide bonds. The number of benzene rings is 1. The normalized spacial score (nSPS) is 12.7. The van der Waals surface area contributed by atoms with Gasteiger partial charge < -0.3 is 15.2 Å². The van der Waals surface area contributed by atoms with Crippen LogP contribution in [-0.2, 0) is 4.74 Å². The van der Waals surface area contributed by atoms with Crippen LogP contribution in [0.4, 0.5) is 0 Å². The molecule has 3 nitrogen and oxygen atoms in total. The van der Waals surface area contributed by atoms with Crippen LogP contribution in [0.1, 0.15) is 24.9 Å². The van der Waals surface area contributed by atoms with E-state index in [1.54, 1.807) is 0 Å². The zero-order chi connectivity index (χ0) is 13.4. The summed E-state index contributed by atoms with van der Waals surface area (Å²) in [6.07, 6.45) is 0.943. The zero-order valence-corrected chi connectivity index (χ0v) is 13.6. The highest BCUT2D eigenvalue weighted by molar-refractivity contribution is 9.11. The number of hydrogen-bond acceptors (Lipinski definition) is 3. The highest BCUT2D eigenvalue weighted by atomic mass is 79.9. The van der Waals surface area contributed by atoms with E-state index >= 15 is 0 Å². The predicted octanol–water partition coefficient (Wildman–Crippen LogP) is 3.26. The van der Waals surface area contributed by atoms with Crippen molar-refractivity contribution < 1.29 is 9.84 Å². The zero-order valence-electron chi connectivity index (χ0n) is 10.5. The van der Waals surface area contributed by atoms with Gasteiger partial charge in [-0.25, -0.2) is 0 Å². The van der Waals surface area contributed by atoms with Crippen LogP contribution in [0.2, 0.25) is 0 Å². The Hall–Kier alpha value is 0.0600. The Balaban J connectivity index is 2.29. The summed E-state index contributed by atoms with van der Waals surface area (Å²) < 4.78 is 7.38. The first kappa shape index (κ1) is 16.1. The number of hydrogen-bond donors (Lipinski definition) is 2. The van der Waals surface area contributed by atoms with Crippen molar-refractivity contribution >= 4 is 31.9 Å². The molecule has 1 aromatic rings. The van der Waals surface area contributed by atoms with Crippen molar-refractivity contribution in [3.05, 3.63) is 32.7 Å². The minimum absolute atomic E-state index is 0.0929.